The molecule has 234 valence electrons. The number of anilines is 2. The zero-order valence-electron chi connectivity index (χ0n) is 24.4. The molecule has 3 aromatic carbocycles. The van der Waals surface area contributed by atoms with Crippen LogP contribution in [0.2, 0.25) is 5.02 Å². The van der Waals surface area contributed by atoms with Crippen LogP contribution in [0.5, 0.6) is 0 Å². The number of H-pyrrole nitrogens is 2. The van der Waals surface area contributed by atoms with Gasteiger partial charge >= 0.3 is 5.97 Å². The highest BCUT2D eigenvalue weighted by Gasteiger charge is 2.39. The van der Waals surface area contributed by atoms with Gasteiger partial charge in [0.25, 0.3) is 5.91 Å². The molecule has 2 aromatic heterocycles. The fraction of sp³-hybridized carbons (Fsp3) is 0.182. The second-order valence-electron chi connectivity index (χ2n) is 11.3. The summed E-state index contributed by atoms with van der Waals surface area (Å²) in [5, 5.41) is 24.8. The molecule has 11 nitrogen and oxygen atoms in total. The van der Waals surface area contributed by atoms with Crippen LogP contribution in [0.15, 0.2) is 72.8 Å². The van der Waals surface area contributed by atoms with E-state index in [0.29, 0.717) is 33.8 Å². The van der Waals surface area contributed by atoms with Gasteiger partial charge in [0, 0.05) is 40.2 Å². The maximum absolute atomic E-state index is 14.6. The van der Waals surface area contributed by atoms with Crippen LogP contribution >= 0.6 is 11.6 Å². The number of carboxylic acids is 1. The van der Waals surface area contributed by atoms with Crippen molar-refractivity contribution in [2.75, 3.05) is 10.6 Å². The highest BCUT2D eigenvalue weighted by atomic mass is 35.5. The van der Waals surface area contributed by atoms with E-state index in [2.05, 4.69) is 31.1 Å². The summed E-state index contributed by atoms with van der Waals surface area (Å²) in [5.41, 5.74) is 2.56. The molecule has 0 aliphatic heterocycles. The van der Waals surface area contributed by atoms with Crippen molar-refractivity contribution in [2.24, 2.45) is 11.8 Å². The lowest BCUT2D eigenvalue weighted by Gasteiger charge is -2.19. The number of halogens is 2. The Morgan fingerprint density at radius 1 is 1.00 bits per heavy atom. The Labute approximate surface area is 266 Å². The monoisotopic (exact) mass is 642 g/mol. The predicted molar refractivity (Wildman–Crippen MR) is 170 cm³/mol. The third-order valence-corrected chi connectivity index (χ3v) is 8.19. The summed E-state index contributed by atoms with van der Waals surface area (Å²) in [5.74, 6) is -2.63. The molecule has 2 unspecified atom stereocenters. The van der Waals surface area contributed by atoms with Gasteiger partial charge in [-0.05, 0) is 72.5 Å². The lowest BCUT2D eigenvalue weighted by atomic mass is 10.0. The lowest BCUT2D eigenvalue weighted by molar-refractivity contribution is -0.118. The number of nitrogens with one attached hydrogen (secondary N) is 5. The van der Waals surface area contributed by atoms with Crippen molar-refractivity contribution in [3.63, 3.8) is 0 Å². The second-order valence-corrected chi connectivity index (χ2v) is 11.7. The van der Waals surface area contributed by atoms with Gasteiger partial charge in [0.05, 0.1) is 10.7 Å². The van der Waals surface area contributed by atoms with Crippen LogP contribution in [0, 0.1) is 17.7 Å². The number of amides is 3. The first-order valence-electron chi connectivity index (χ1n) is 14.4. The van der Waals surface area contributed by atoms with Gasteiger partial charge in [0.15, 0.2) is 5.82 Å². The van der Waals surface area contributed by atoms with Gasteiger partial charge in [-0.1, -0.05) is 36.7 Å². The van der Waals surface area contributed by atoms with E-state index < -0.39 is 29.6 Å². The van der Waals surface area contributed by atoms with Crippen LogP contribution in [-0.4, -0.2) is 50.0 Å². The smallest absolute Gasteiger partial charge is 0.352 e. The average molecular weight is 643 g/mol. The van der Waals surface area contributed by atoms with Crippen LogP contribution in [0.1, 0.15) is 39.9 Å². The molecule has 1 aliphatic rings. The van der Waals surface area contributed by atoms with E-state index in [1.54, 1.807) is 48.5 Å². The molecule has 13 heteroatoms. The molecule has 0 radical (unpaired) electrons. The maximum atomic E-state index is 14.6. The van der Waals surface area contributed by atoms with E-state index >= 15 is 0 Å². The largest absolute Gasteiger partial charge is 0.477 e. The molecule has 0 spiro atoms. The van der Waals surface area contributed by atoms with Gasteiger partial charge in [0.2, 0.25) is 11.8 Å². The number of rotatable bonds is 10. The molecule has 0 saturated heterocycles. The zero-order chi connectivity index (χ0) is 32.5. The Morgan fingerprint density at radius 3 is 2.46 bits per heavy atom. The van der Waals surface area contributed by atoms with Crippen molar-refractivity contribution in [3.8, 4) is 11.3 Å². The molecule has 6 N–H and O–H groups in total. The Hall–Kier alpha value is -5.49. The van der Waals surface area contributed by atoms with Crippen molar-refractivity contribution in [3.05, 3.63) is 101 Å². The fourth-order valence-corrected chi connectivity index (χ4v) is 5.33. The summed E-state index contributed by atoms with van der Waals surface area (Å²) in [6.45, 7) is 2.02. The van der Waals surface area contributed by atoms with Gasteiger partial charge in [0.1, 0.15) is 17.4 Å². The van der Waals surface area contributed by atoms with Gasteiger partial charge < -0.3 is 26.0 Å². The molecule has 2 heterocycles. The van der Waals surface area contributed by atoms with Crippen molar-refractivity contribution < 1.29 is 28.7 Å². The van der Waals surface area contributed by atoms with Crippen LogP contribution in [-0.2, 0) is 16.0 Å². The molecule has 3 amide bonds. The molecule has 0 bridgehead atoms. The fourth-order valence-electron chi connectivity index (χ4n) is 5.16. The minimum atomic E-state index is -1.11. The lowest BCUT2D eigenvalue weighted by Crippen LogP contribution is -2.45. The van der Waals surface area contributed by atoms with Gasteiger partial charge in [-0.25, -0.2) is 9.18 Å². The number of nitrogens with zero attached hydrogens (tertiary/aromatic N) is 1. The molecule has 5 aromatic rings. The van der Waals surface area contributed by atoms with E-state index in [4.69, 9.17) is 11.6 Å². The Morgan fingerprint density at radius 2 is 1.74 bits per heavy atom. The quantitative estimate of drug-likeness (QED) is 0.115. The Kier molecular flexibility index (Phi) is 8.29. The summed E-state index contributed by atoms with van der Waals surface area (Å²) < 4.78 is 14.6. The molecule has 1 saturated carbocycles. The minimum Gasteiger partial charge on any atom is -0.477 e. The molecule has 1 aliphatic carbocycles. The Balaban J connectivity index is 1.21. The zero-order valence-corrected chi connectivity index (χ0v) is 25.1. The van der Waals surface area contributed by atoms with Gasteiger partial charge in [-0.2, -0.15) is 5.10 Å². The first kappa shape index (κ1) is 30.5. The normalized spacial score (nSPS) is 16.1. The molecule has 3 atom stereocenters. The number of aromatic nitrogens is 3. The summed E-state index contributed by atoms with van der Waals surface area (Å²) in [7, 11) is 0. The van der Waals surface area contributed by atoms with Crippen LogP contribution in [0.3, 0.4) is 0 Å². The third kappa shape index (κ3) is 6.61. The topological polar surface area (TPSA) is 169 Å². The minimum absolute atomic E-state index is 0.00511. The van der Waals surface area contributed by atoms with Crippen LogP contribution in [0.4, 0.5) is 15.8 Å². The maximum Gasteiger partial charge on any atom is 0.352 e. The van der Waals surface area contributed by atoms with E-state index in [1.807, 2.05) is 6.92 Å². The summed E-state index contributed by atoms with van der Waals surface area (Å²) in [6, 6.07) is 18.0. The summed E-state index contributed by atoms with van der Waals surface area (Å²) in [4.78, 5) is 53.4. The number of carbonyl (C=O) groups is 4. The molecule has 6 rings (SSSR count). The summed E-state index contributed by atoms with van der Waals surface area (Å²) in [6.07, 6.45) is 0.953. The molecule has 1 fully saturated rings. The molecule has 46 heavy (non-hydrogen) atoms. The van der Waals surface area contributed by atoms with Crippen LogP contribution < -0.4 is 16.0 Å². The van der Waals surface area contributed by atoms with Crippen molar-refractivity contribution in [1.29, 1.82) is 0 Å². The average Bonchev–Trinajstić information content (AvgIpc) is 3.38. The number of hydrogen-bond acceptors (Lipinski definition) is 5. The number of aromatic carboxylic acids is 1. The van der Waals surface area contributed by atoms with Gasteiger partial charge in [-0.15, -0.1) is 0 Å². The van der Waals surface area contributed by atoms with E-state index in [-0.39, 0.29) is 45.9 Å². The highest BCUT2D eigenvalue weighted by Crippen LogP contribution is 2.38. The first-order valence-corrected chi connectivity index (χ1v) is 14.8. The number of aromatic amines is 2. The highest BCUT2D eigenvalue weighted by molar-refractivity contribution is 6.31. The number of carbonyl (C=O) groups excluding carboxylic acids is 3. The predicted octanol–water partition coefficient (Wildman–Crippen LogP) is 5.62. The van der Waals surface area contributed by atoms with Gasteiger partial charge in [-0.3, -0.25) is 19.5 Å². The second kappa shape index (κ2) is 12.5. The van der Waals surface area contributed by atoms with E-state index in [0.717, 1.165) is 6.42 Å². The number of hydrogen-bond donors (Lipinski definition) is 6. The van der Waals surface area contributed by atoms with E-state index in [1.165, 1.54) is 24.3 Å². The molecular formula is C33H28ClFN6O5. The van der Waals surface area contributed by atoms with Crippen LogP contribution in [0.25, 0.3) is 22.2 Å². The first-order chi connectivity index (χ1) is 22.0. The standard InChI is InChI=1S/C33H28ClFN6O5/c1-16-11-22(16)30(42)36-19-7-5-17(6-8-19)12-26(31(43)37-20-9-10-24-18(13-20)14-28(38-24)33(45)46)39-32(44)27-15-25(40-41-27)21-3-2-4-23(34)29(21)35/h2-10,13-16,22,26,38H,11-12H2,1H3,(H,36,42)(H,37,43)(H,39,44)(H,40,41)(H,45,46)/t16?,22?,26-/m0/s1. The SMILES string of the molecule is CC1CC1C(=O)Nc1ccc(C[C@H](NC(=O)c2cc(-c3cccc(Cl)c3F)n[nH]2)C(=O)Nc2ccc3[nH]c(C(=O)O)cc3c2)cc1. The summed E-state index contributed by atoms with van der Waals surface area (Å²) >= 11 is 5.90. The van der Waals surface area contributed by atoms with Crippen molar-refractivity contribution in [1.82, 2.24) is 20.5 Å². The Bertz CT molecular complexity index is 1990. The number of fused-ring (bicyclic) bond motifs is 1. The third-order valence-electron chi connectivity index (χ3n) is 7.90. The number of benzene rings is 3. The molecular weight excluding hydrogens is 615 g/mol. The van der Waals surface area contributed by atoms with Crippen molar-refractivity contribution >= 4 is 57.6 Å². The van der Waals surface area contributed by atoms with Crippen molar-refractivity contribution in [2.45, 2.75) is 25.8 Å². The number of carboxylic acid groups (broad SMARTS) is 1. The van der Waals surface area contributed by atoms with E-state index in [9.17, 15) is 28.7 Å².